The van der Waals surface area contributed by atoms with Gasteiger partial charge in [0.05, 0.1) is 19.4 Å². The summed E-state index contributed by atoms with van der Waals surface area (Å²) in [6.45, 7) is 3.53. The molecule has 8 heteroatoms. The lowest BCUT2D eigenvalue weighted by molar-refractivity contribution is -0.138. The van der Waals surface area contributed by atoms with E-state index in [1.54, 1.807) is 38.1 Å². The Morgan fingerprint density at radius 1 is 1.00 bits per heavy atom. The fourth-order valence-electron chi connectivity index (χ4n) is 2.17. The van der Waals surface area contributed by atoms with Crippen molar-refractivity contribution >= 4 is 18.0 Å². The minimum atomic E-state index is -0.850. The van der Waals surface area contributed by atoms with E-state index in [0.717, 1.165) is 11.3 Å². The fraction of sp³-hybridized carbons (Fsp3) is 0.190. The molecule has 0 fully saturated rings. The van der Waals surface area contributed by atoms with Crippen LogP contribution in [0.5, 0.6) is 11.5 Å². The highest BCUT2D eigenvalue weighted by Gasteiger charge is 2.22. The van der Waals surface area contributed by atoms with Gasteiger partial charge in [-0.25, -0.2) is 4.79 Å². The second-order valence-corrected chi connectivity index (χ2v) is 5.55. The van der Waals surface area contributed by atoms with Crippen molar-refractivity contribution in [3.8, 4) is 11.5 Å². The summed E-state index contributed by atoms with van der Waals surface area (Å²) in [5, 5.41) is 17.5. The number of rotatable bonds is 9. The molecule has 0 aliphatic carbocycles. The molecular formula is C21H23N3O5. The third-order valence-corrected chi connectivity index (χ3v) is 3.46. The molecule has 2 aromatic carbocycles. The Hall–Kier alpha value is -3.81. The number of esters is 1. The van der Waals surface area contributed by atoms with E-state index >= 15 is 0 Å². The number of aliphatic hydroxyl groups excluding tert-OH is 1. The maximum Gasteiger partial charge on any atom is 0.349 e. The number of hydrogen-bond donors (Lipinski definition) is 2. The summed E-state index contributed by atoms with van der Waals surface area (Å²) < 4.78 is 15.5. The zero-order valence-corrected chi connectivity index (χ0v) is 16.2. The van der Waals surface area contributed by atoms with Crippen molar-refractivity contribution in [3.05, 3.63) is 71.7 Å². The van der Waals surface area contributed by atoms with E-state index in [1.165, 1.54) is 6.21 Å². The number of nitrogens with two attached hydrogens (primary N) is 1. The number of para-hydroxylation sites is 1. The number of carbonyl (C=O) groups excluding carboxylic acids is 1. The summed E-state index contributed by atoms with van der Waals surface area (Å²) in [7, 11) is 0. The fourth-order valence-corrected chi connectivity index (χ4v) is 2.17. The van der Waals surface area contributed by atoms with Crippen molar-refractivity contribution in [2.45, 2.75) is 13.8 Å². The Bertz CT molecular complexity index is 890. The zero-order chi connectivity index (χ0) is 21.1. The third-order valence-electron chi connectivity index (χ3n) is 3.46. The van der Waals surface area contributed by atoms with Crippen LogP contribution < -0.4 is 10.5 Å². The molecule has 29 heavy (non-hydrogen) atoms. The van der Waals surface area contributed by atoms with E-state index in [1.807, 2.05) is 30.3 Å². The molecule has 2 rings (SSSR count). The Labute approximate surface area is 168 Å². The molecule has 0 atom stereocenters. The Balaban J connectivity index is 2.10. The maximum absolute atomic E-state index is 12.0. The lowest BCUT2D eigenvalue weighted by Gasteiger charge is -2.08. The number of benzene rings is 2. The van der Waals surface area contributed by atoms with Gasteiger partial charge in [0, 0.05) is 0 Å². The molecular weight excluding hydrogens is 374 g/mol. The molecule has 3 N–H and O–H groups in total. The highest BCUT2D eigenvalue weighted by Crippen LogP contribution is 2.20. The van der Waals surface area contributed by atoms with Crippen LogP contribution in [-0.2, 0) is 14.3 Å². The van der Waals surface area contributed by atoms with E-state index in [2.05, 4.69) is 10.2 Å². The second-order valence-electron chi connectivity index (χ2n) is 5.55. The van der Waals surface area contributed by atoms with Gasteiger partial charge in [-0.2, -0.15) is 5.10 Å². The van der Waals surface area contributed by atoms with Gasteiger partial charge >= 0.3 is 5.97 Å². The van der Waals surface area contributed by atoms with Crippen molar-refractivity contribution in [2.24, 2.45) is 15.9 Å². The van der Waals surface area contributed by atoms with Crippen LogP contribution in [0.4, 0.5) is 0 Å². The van der Waals surface area contributed by atoms with Gasteiger partial charge in [0.1, 0.15) is 11.5 Å². The first kappa shape index (κ1) is 21.5. The van der Waals surface area contributed by atoms with Crippen LogP contribution >= 0.6 is 0 Å². The summed E-state index contributed by atoms with van der Waals surface area (Å²) in [6, 6.07) is 16.6. The molecule has 0 radical (unpaired) electrons. The second kappa shape index (κ2) is 11.1. The Kier molecular flexibility index (Phi) is 8.25. The predicted molar refractivity (Wildman–Crippen MR) is 110 cm³/mol. The average Bonchev–Trinajstić information content (AvgIpc) is 2.71. The monoisotopic (exact) mass is 397 g/mol. The van der Waals surface area contributed by atoms with Gasteiger partial charge < -0.3 is 25.1 Å². The van der Waals surface area contributed by atoms with Gasteiger partial charge in [0.25, 0.3) is 5.95 Å². The minimum Gasteiger partial charge on any atom is -0.480 e. The van der Waals surface area contributed by atoms with Crippen LogP contribution in [0.3, 0.4) is 0 Å². The molecule has 0 saturated carbocycles. The normalized spacial score (nSPS) is 12.4. The Morgan fingerprint density at radius 2 is 1.62 bits per heavy atom. The van der Waals surface area contributed by atoms with Crippen molar-refractivity contribution in [1.29, 1.82) is 0 Å². The first-order valence-corrected chi connectivity index (χ1v) is 8.98. The smallest absolute Gasteiger partial charge is 0.349 e. The first-order valence-electron chi connectivity index (χ1n) is 8.98. The minimum absolute atomic E-state index is 0.107. The van der Waals surface area contributed by atoms with Crippen molar-refractivity contribution in [2.75, 3.05) is 13.2 Å². The molecule has 8 nitrogen and oxygen atoms in total. The lowest BCUT2D eigenvalue weighted by atomic mass is 10.2. The van der Waals surface area contributed by atoms with Crippen LogP contribution in [0.25, 0.3) is 0 Å². The van der Waals surface area contributed by atoms with Crippen LogP contribution in [0.2, 0.25) is 0 Å². The molecule has 0 aliphatic rings. The summed E-state index contributed by atoms with van der Waals surface area (Å²) in [5.41, 5.74) is 6.13. The van der Waals surface area contributed by atoms with Crippen molar-refractivity contribution in [3.63, 3.8) is 0 Å². The largest absolute Gasteiger partial charge is 0.480 e. The summed E-state index contributed by atoms with van der Waals surface area (Å²) >= 11 is 0. The highest BCUT2D eigenvalue weighted by molar-refractivity contribution is 6.18. The van der Waals surface area contributed by atoms with Gasteiger partial charge in [0.2, 0.25) is 0 Å². The standard InChI is InChI=1S/C21H23N3O5/c1-3-27-20(25)18(21(26)28-4-2)19(22)24-23-14-15-10-12-17(13-11-15)29-16-8-6-5-7-9-16/h5-14,25H,3-4H2,1-2H3,(H2,22,24)/b20-18?,23-14-. The quantitative estimate of drug-likeness (QED) is 0.167. The Morgan fingerprint density at radius 3 is 2.24 bits per heavy atom. The number of carbonyl (C=O) groups is 1. The molecule has 0 unspecified atom stereocenters. The van der Waals surface area contributed by atoms with E-state index in [4.69, 9.17) is 19.9 Å². The number of amidine groups is 1. The van der Waals surface area contributed by atoms with Crippen LogP contribution in [0.1, 0.15) is 19.4 Å². The molecule has 0 bridgehead atoms. The molecule has 152 valence electrons. The number of hydrogen-bond acceptors (Lipinski definition) is 7. The van der Waals surface area contributed by atoms with E-state index in [9.17, 15) is 9.90 Å². The molecule has 0 aromatic heterocycles. The van der Waals surface area contributed by atoms with Gasteiger partial charge in [0.15, 0.2) is 11.4 Å². The summed E-state index contributed by atoms with van der Waals surface area (Å²) in [4.78, 5) is 12.0. The van der Waals surface area contributed by atoms with Gasteiger partial charge in [-0.3, -0.25) is 0 Å². The number of aliphatic hydroxyl groups is 1. The number of nitrogens with zero attached hydrogens (tertiary/aromatic N) is 2. The van der Waals surface area contributed by atoms with Crippen LogP contribution in [0, 0.1) is 0 Å². The highest BCUT2D eigenvalue weighted by atomic mass is 16.6. The molecule has 0 heterocycles. The third kappa shape index (κ3) is 6.69. The number of ether oxygens (including phenoxy) is 3. The molecule has 0 saturated heterocycles. The topological polar surface area (TPSA) is 116 Å². The predicted octanol–water partition coefficient (Wildman–Crippen LogP) is 3.54. The van der Waals surface area contributed by atoms with Crippen molar-refractivity contribution < 1.29 is 24.1 Å². The van der Waals surface area contributed by atoms with Crippen molar-refractivity contribution in [1.82, 2.24) is 0 Å². The van der Waals surface area contributed by atoms with E-state index < -0.39 is 11.9 Å². The maximum atomic E-state index is 12.0. The molecule has 2 aromatic rings. The van der Waals surface area contributed by atoms with E-state index in [0.29, 0.717) is 5.75 Å². The average molecular weight is 397 g/mol. The summed E-state index contributed by atoms with van der Waals surface area (Å²) in [5.74, 6) is -0.430. The lowest BCUT2D eigenvalue weighted by Crippen LogP contribution is -2.25. The van der Waals surface area contributed by atoms with Gasteiger partial charge in [-0.15, -0.1) is 5.10 Å². The van der Waals surface area contributed by atoms with Crippen LogP contribution in [0.15, 0.2) is 76.3 Å². The first-order chi connectivity index (χ1) is 14.0. The summed E-state index contributed by atoms with van der Waals surface area (Å²) in [6.07, 6.45) is 1.44. The SMILES string of the molecule is CCOC(=O)C(C(N)=N/N=C\c1ccc(Oc2ccccc2)cc1)=C(O)OCC. The van der Waals surface area contributed by atoms with Gasteiger partial charge in [-0.05, 0) is 55.8 Å². The zero-order valence-electron chi connectivity index (χ0n) is 16.2. The van der Waals surface area contributed by atoms with E-state index in [-0.39, 0.29) is 24.6 Å². The van der Waals surface area contributed by atoms with Crippen LogP contribution in [-0.4, -0.2) is 36.3 Å². The van der Waals surface area contributed by atoms with Gasteiger partial charge in [-0.1, -0.05) is 18.2 Å². The molecule has 0 amide bonds. The molecule has 0 spiro atoms. The molecule has 0 aliphatic heterocycles.